The molecule has 216 valence electrons. The Kier molecular flexibility index (Phi) is 8.82. The number of ether oxygens (including phenoxy) is 2. The largest absolute Gasteiger partial charge is 0.497 e. The van der Waals surface area contributed by atoms with Gasteiger partial charge >= 0.3 is 0 Å². The molecule has 3 aromatic carbocycles. The average molecular weight is 589 g/mol. The zero-order valence-corrected chi connectivity index (χ0v) is 24.1. The van der Waals surface area contributed by atoms with Crippen molar-refractivity contribution in [1.29, 1.82) is 0 Å². The quantitative estimate of drug-likeness (QED) is 0.274. The number of nitrogens with zero attached hydrogens (tertiary/aromatic N) is 5. The van der Waals surface area contributed by atoms with Crippen molar-refractivity contribution < 1.29 is 23.5 Å². The summed E-state index contributed by atoms with van der Waals surface area (Å²) in [5.74, 6) is 0.654. The van der Waals surface area contributed by atoms with Gasteiger partial charge in [-0.05, 0) is 59.7 Å². The fraction of sp³-hybridized carbons (Fsp3) is 0.233. The molecule has 0 radical (unpaired) electrons. The second-order valence-electron chi connectivity index (χ2n) is 9.42. The average Bonchev–Trinajstić information content (AvgIpc) is 3.63. The molecule has 1 aliphatic heterocycles. The Hall–Kier alpha value is -4.71. The molecule has 10 nitrogen and oxygen atoms in total. The standard InChI is InChI=1S/C30H29FN6O4S/c1-36-27(17-32-29(39)23-6-4-5-7-24(23)31)33-34-30(36)42-18-28(38)37-26(20-10-14-22(41-3)15-11-20)16-25(35-37)19-8-12-21(40-2)13-9-19/h4-15,26H,16-18H2,1-3H3,(H,32,39)/t26-/m0/s1. The number of benzene rings is 3. The van der Waals surface area contributed by atoms with Gasteiger partial charge < -0.3 is 19.4 Å². The van der Waals surface area contributed by atoms with Crippen LogP contribution >= 0.6 is 11.8 Å². The van der Waals surface area contributed by atoms with E-state index in [9.17, 15) is 14.0 Å². The number of rotatable bonds is 10. The van der Waals surface area contributed by atoms with Gasteiger partial charge in [-0.25, -0.2) is 9.40 Å². The van der Waals surface area contributed by atoms with E-state index in [0.717, 1.165) is 28.3 Å². The van der Waals surface area contributed by atoms with Gasteiger partial charge in [0.25, 0.3) is 11.8 Å². The molecule has 1 N–H and O–H groups in total. The molecule has 0 spiro atoms. The fourth-order valence-corrected chi connectivity index (χ4v) is 5.28. The zero-order chi connectivity index (χ0) is 29.6. The van der Waals surface area contributed by atoms with E-state index in [1.807, 2.05) is 48.5 Å². The lowest BCUT2D eigenvalue weighted by atomic mass is 9.98. The minimum Gasteiger partial charge on any atom is -0.497 e. The van der Waals surface area contributed by atoms with Crippen molar-refractivity contribution >= 4 is 29.3 Å². The third kappa shape index (κ3) is 6.28. The van der Waals surface area contributed by atoms with Gasteiger partial charge in [-0.2, -0.15) is 5.10 Å². The van der Waals surface area contributed by atoms with Crippen molar-refractivity contribution in [3.63, 3.8) is 0 Å². The summed E-state index contributed by atoms with van der Waals surface area (Å²) in [4.78, 5) is 25.9. The van der Waals surface area contributed by atoms with Crippen molar-refractivity contribution in [2.45, 2.75) is 24.2 Å². The van der Waals surface area contributed by atoms with Crippen molar-refractivity contribution in [3.05, 3.63) is 101 Å². The number of hydrogen-bond donors (Lipinski definition) is 1. The Balaban J connectivity index is 1.28. The first kappa shape index (κ1) is 28.8. The number of halogens is 1. The molecule has 1 aliphatic rings. The van der Waals surface area contributed by atoms with Crippen molar-refractivity contribution in [3.8, 4) is 11.5 Å². The van der Waals surface area contributed by atoms with Crippen LogP contribution in [-0.2, 0) is 18.4 Å². The SMILES string of the molecule is COc1ccc(C2=NN(C(=O)CSc3nnc(CNC(=O)c4ccccc4F)n3C)[C@H](c3ccc(OC)cc3)C2)cc1. The highest BCUT2D eigenvalue weighted by Gasteiger charge is 2.33. The molecular formula is C30H29FN6O4S. The maximum Gasteiger partial charge on any atom is 0.254 e. The minimum absolute atomic E-state index is 0.0480. The normalized spacial score (nSPS) is 14.4. The molecule has 1 atom stereocenters. The molecule has 0 aliphatic carbocycles. The topological polar surface area (TPSA) is 111 Å². The highest BCUT2D eigenvalue weighted by Crippen LogP contribution is 2.34. The van der Waals surface area contributed by atoms with Crippen LogP contribution in [-0.4, -0.2) is 57.3 Å². The number of methoxy groups -OCH3 is 2. The fourth-order valence-electron chi connectivity index (χ4n) is 4.50. The van der Waals surface area contributed by atoms with E-state index in [-0.39, 0.29) is 29.8 Å². The van der Waals surface area contributed by atoms with Crippen LogP contribution < -0.4 is 14.8 Å². The maximum atomic E-state index is 13.9. The molecule has 12 heteroatoms. The van der Waals surface area contributed by atoms with Crippen LogP contribution in [0, 0.1) is 5.82 Å². The highest BCUT2D eigenvalue weighted by atomic mass is 32.2. The monoisotopic (exact) mass is 588 g/mol. The van der Waals surface area contributed by atoms with E-state index in [2.05, 4.69) is 15.5 Å². The lowest BCUT2D eigenvalue weighted by Gasteiger charge is -2.22. The van der Waals surface area contributed by atoms with Gasteiger partial charge in [-0.3, -0.25) is 9.59 Å². The molecular weight excluding hydrogens is 559 g/mol. The summed E-state index contributed by atoms with van der Waals surface area (Å²) in [5.41, 5.74) is 2.59. The van der Waals surface area contributed by atoms with E-state index in [0.29, 0.717) is 17.4 Å². The van der Waals surface area contributed by atoms with Crippen LogP contribution in [0.25, 0.3) is 0 Å². The molecule has 0 bridgehead atoms. The van der Waals surface area contributed by atoms with Crippen LogP contribution in [0.3, 0.4) is 0 Å². The Morgan fingerprint density at radius 1 is 0.976 bits per heavy atom. The summed E-state index contributed by atoms with van der Waals surface area (Å²) in [6, 6.07) is 20.7. The van der Waals surface area contributed by atoms with Gasteiger partial charge in [0.15, 0.2) is 11.0 Å². The van der Waals surface area contributed by atoms with Crippen LogP contribution in [0.15, 0.2) is 83.1 Å². The van der Waals surface area contributed by atoms with Gasteiger partial charge in [0.1, 0.15) is 17.3 Å². The summed E-state index contributed by atoms with van der Waals surface area (Å²) in [6.45, 7) is 0.0480. The number of aromatic nitrogens is 3. The number of hydrazone groups is 1. The van der Waals surface area contributed by atoms with Crippen molar-refractivity contribution in [2.24, 2.45) is 12.1 Å². The molecule has 0 fully saturated rings. The molecule has 4 aromatic rings. The molecule has 2 amide bonds. The molecule has 2 heterocycles. The third-order valence-corrected chi connectivity index (χ3v) is 7.87. The van der Waals surface area contributed by atoms with Crippen LogP contribution in [0.1, 0.15) is 39.8 Å². The van der Waals surface area contributed by atoms with Gasteiger partial charge in [0, 0.05) is 13.5 Å². The van der Waals surface area contributed by atoms with Crippen LogP contribution in [0.2, 0.25) is 0 Å². The lowest BCUT2D eigenvalue weighted by Crippen LogP contribution is -2.28. The summed E-state index contributed by atoms with van der Waals surface area (Å²) in [6.07, 6.45) is 0.547. The smallest absolute Gasteiger partial charge is 0.254 e. The molecule has 0 unspecified atom stereocenters. The van der Waals surface area contributed by atoms with E-state index < -0.39 is 11.7 Å². The number of carbonyl (C=O) groups is 2. The Morgan fingerprint density at radius 3 is 2.31 bits per heavy atom. The first-order chi connectivity index (χ1) is 20.4. The molecule has 0 saturated carbocycles. The number of hydrogen-bond acceptors (Lipinski definition) is 8. The van der Waals surface area contributed by atoms with Gasteiger partial charge in [0.05, 0.1) is 43.8 Å². The predicted octanol–water partition coefficient (Wildman–Crippen LogP) is 4.37. The van der Waals surface area contributed by atoms with E-state index >= 15 is 0 Å². The van der Waals surface area contributed by atoms with Gasteiger partial charge in [-0.1, -0.05) is 36.0 Å². The Bertz CT molecular complexity index is 1610. The predicted molar refractivity (Wildman–Crippen MR) is 156 cm³/mol. The van der Waals surface area contributed by atoms with Crippen molar-refractivity contribution in [1.82, 2.24) is 25.1 Å². The minimum atomic E-state index is -0.601. The second kappa shape index (κ2) is 12.9. The zero-order valence-electron chi connectivity index (χ0n) is 23.3. The van der Waals surface area contributed by atoms with Crippen LogP contribution in [0.5, 0.6) is 11.5 Å². The Labute approximate surface area is 246 Å². The van der Waals surface area contributed by atoms with Crippen LogP contribution in [0.4, 0.5) is 4.39 Å². The third-order valence-electron chi connectivity index (χ3n) is 6.87. The summed E-state index contributed by atoms with van der Waals surface area (Å²) < 4.78 is 26.2. The van der Waals surface area contributed by atoms with E-state index in [4.69, 9.17) is 14.6 Å². The summed E-state index contributed by atoms with van der Waals surface area (Å²) >= 11 is 1.22. The highest BCUT2D eigenvalue weighted by molar-refractivity contribution is 7.99. The first-order valence-electron chi connectivity index (χ1n) is 13.1. The number of thioether (sulfide) groups is 1. The number of nitrogens with one attached hydrogen (secondary N) is 1. The first-order valence-corrected chi connectivity index (χ1v) is 14.1. The summed E-state index contributed by atoms with van der Waals surface area (Å²) in [7, 11) is 4.96. The van der Waals surface area contributed by atoms with E-state index in [1.165, 1.54) is 35.0 Å². The Morgan fingerprint density at radius 2 is 1.64 bits per heavy atom. The number of carbonyl (C=O) groups excluding carboxylic acids is 2. The lowest BCUT2D eigenvalue weighted by molar-refractivity contribution is -0.130. The molecule has 0 saturated heterocycles. The molecule has 5 rings (SSSR count). The van der Waals surface area contributed by atoms with Gasteiger partial charge in [-0.15, -0.1) is 10.2 Å². The summed E-state index contributed by atoms with van der Waals surface area (Å²) in [5, 5.41) is 17.7. The van der Waals surface area contributed by atoms with Gasteiger partial charge in [0.2, 0.25) is 0 Å². The van der Waals surface area contributed by atoms with E-state index in [1.54, 1.807) is 31.9 Å². The molecule has 42 heavy (non-hydrogen) atoms. The van der Waals surface area contributed by atoms with Crippen molar-refractivity contribution in [2.75, 3.05) is 20.0 Å². The number of amides is 2. The maximum absolute atomic E-state index is 13.9. The second-order valence-corrected chi connectivity index (χ2v) is 10.4. The molecule has 1 aromatic heterocycles.